The Kier molecular flexibility index (Phi) is 6.25. The molecule has 2 N–H and O–H groups in total. The third kappa shape index (κ3) is 5.02. The lowest BCUT2D eigenvalue weighted by Gasteiger charge is -2.32. The van der Waals surface area contributed by atoms with Crippen molar-refractivity contribution in [2.75, 3.05) is 12.4 Å². The van der Waals surface area contributed by atoms with Gasteiger partial charge in [-0.1, -0.05) is 19.8 Å². The van der Waals surface area contributed by atoms with Crippen molar-refractivity contribution >= 4 is 11.6 Å². The zero-order valence-electron chi connectivity index (χ0n) is 13.9. The molecular weight excluding hydrogens is 276 g/mol. The number of benzene rings is 1. The van der Waals surface area contributed by atoms with Gasteiger partial charge in [-0.2, -0.15) is 0 Å². The second kappa shape index (κ2) is 8.18. The summed E-state index contributed by atoms with van der Waals surface area (Å²) in [6.07, 6.45) is 5.65. The van der Waals surface area contributed by atoms with Crippen LogP contribution in [0.4, 0.5) is 5.69 Å². The fourth-order valence-electron chi connectivity index (χ4n) is 3.15. The van der Waals surface area contributed by atoms with Crippen LogP contribution in [0.3, 0.4) is 0 Å². The Bertz CT molecular complexity index is 472. The number of amides is 1. The van der Waals surface area contributed by atoms with Crippen LogP contribution in [-0.4, -0.2) is 25.1 Å². The molecular formula is C18H28N2O2. The molecule has 0 saturated heterocycles. The van der Waals surface area contributed by atoms with E-state index in [1.807, 2.05) is 24.3 Å². The summed E-state index contributed by atoms with van der Waals surface area (Å²) in [6.45, 7) is 4.40. The van der Waals surface area contributed by atoms with Crippen molar-refractivity contribution in [3.8, 4) is 5.75 Å². The smallest absolute Gasteiger partial charge is 0.225 e. The highest BCUT2D eigenvalue weighted by Gasteiger charge is 2.23. The van der Waals surface area contributed by atoms with Crippen molar-refractivity contribution in [3.63, 3.8) is 0 Å². The molecule has 1 aromatic carbocycles. The first-order valence-corrected chi connectivity index (χ1v) is 8.28. The number of rotatable bonds is 6. The Balaban J connectivity index is 1.77. The Morgan fingerprint density at radius 2 is 1.95 bits per heavy atom. The lowest BCUT2D eigenvalue weighted by atomic mass is 9.85. The number of hydrogen-bond donors (Lipinski definition) is 2. The largest absolute Gasteiger partial charge is 0.497 e. The fraction of sp³-hybridized carbons (Fsp3) is 0.611. The van der Waals surface area contributed by atoms with Crippen LogP contribution in [-0.2, 0) is 4.79 Å². The van der Waals surface area contributed by atoms with Crippen LogP contribution in [0.1, 0.15) is 46.0 Å². The Labute approximate surface area is 133 Å². The van der Waals surface area contributed by atoms with Gasteiger partial charge in [0.1, 0.15) is 5.75 Å². The van der Waals surface area contributed by atoms with Gasteiger partial charge in [-0.15, -0.1) is 0 Å². The number of carbonyl (C=O) groups excluding carboxylic acids is 1. The first kappa shape index (κ1) is 16.8. The molecule has 4 heteroatoms. The number of hydrogen-bond acceptors (Lipinski definition) is 3. The number of carbonyl (C=O) groups is 1. The van der Waals surface area contributed by atoms with Crippen molar-refractivity contribution < 1.29 is 9.53 Å². The average Bonchev–Trinajstić information content (AvgIpc) is 2.50. The lowest BCUT2D eigenvalue weighted by molar-refractivity contribution is -0.116. The van der Waals surface area contributed by atoms with E-state index < -0.39 is 0 Å². The SMILES string of the molecule is COc1ccc(NC(=O)C[C@H](C)N[C@H]2CCCC[C@@H]2C)cc1. The van der Waals surface area contributed by atoms with E-state index in [1.165, 1.54) is 25.7 Å². The van der Waals surface area contributed by atoms with Crippen molar-refractivity contribution in [3.05, 3.63) is 24.3 Å². The highest BCUT2D eigenvalue weighted by molar-refractivity contribution is 5.91. The van der Waals surface area contributed by atoms with Gasteiger partial charge in [-0.3, -0.25) is 4.79 Å². The summed E-state index contributed by atoms with van der Waals surface area (Å²) >= 11 is 0. The standard InChI is InChI=1S/C18H28N2O2/c1-13-6-4-5-7-17(13)19-14(2)12-18(21)20-15-8-10-16(22-3)11-9-15/h8-11,13-14,17,19H,4-7,12H2,1-3H3,(H,20,21)/t13-,14-,17-/m0/s1. The minimum Gasteiger partial charge on any atom is -0.497 e. The van der Waals surface area contributed by atoms with E-state index in [4.69, 9.17) is 4.74 Å². The van der Waals surface area contributed by atoms with Gasteiger partial charge < -0.3 is 15.4 Å². The van der Waals surface area contributed by atoms with Gasteiger partial charge in [-0.25, -0.2) is 0 Å². The predicted octanol–water partition coefficient (Wildman–Crippen LogP) is 3.58. The molecule has 122 valence electrons. The van der Waals surface area contributed by atoms with Gasteiger partial charge in [0.15, 0.2) is 0 Å². The molecule has 1 aliphatic rings. The molecule has 1 aromatic rings. The molecule has 0 unspecified atom stereocenters. The fourth-order valence-corrected chi connectivity index (χ4v) is 3.15. The van der Waals surface area contributed by atoms with Crippen LogP contribution in [0.5, 0.6) is 5.75 Å². The van der Waals surface area contributed by atoms with E-state index in [0.29, 0.717) is 18.4 Å². The summed E-state index contributed by atoms with van der Waals surface area (Å²) in [7, 11) is 1.63. The second-order valence-electron chi connectivity index (χ2n) is 6.42. The molecule has 1 saturated carbocycles. The third-order valence-corrected chi connectivity index (χ3v) is 4.48. The van der Waals surface area contributed by atoms with E-state index in [0.717, 1.165) is 11.4 Å². The van der Waals surface area contributed by atoms with Crippen LogP contribution in [0.15, 0.2) is 24.3 Å². The second-order valence-corrected chi connectivity index (χ2v) is 6.42. The first-order chi connectivity index (χ1) is 10.6. The molecule has 0 heterocycles. The van der Waals surface area contributed by atoms with Crippen LogP contribution in [0, 0.1) is 5.92 Å². The van der Waals surface area contributed by atoms with E-state index in [1.54, 1.807) is 7.11 Å². The molecule has 4 nitrogen and oxygen atoms in total. The molecule has 3 atom stereocenters. The molecule has 1 amide bonds. The summed E-state index contributed by atoms with van der Waals surface area (Å²) < 4.78 is 5.11. The van der Waals surface area contributed by atoms with Gasteiger partial charge in [0, 0.05) is 24.2 Å². The summed E-state index contributed by atoms with van der Waals surface area (Å²) in [5.74, 6) is 1.55. The number of ether oxygens (including phenoxy) is 1. The van der Waals surface area contributed by atoms with E-state index >= 15 is 0 Å². The van der Waals surface area contributed by atoms with Crippen molar-refractivity contribution in [2.45, 2.75) is 58.0 Å². The molecule has 2 rings (SSSR count). The predicted molar refractivity (Wildman–Crippen MR) is 90.3 cm³/mol. The molecule has 0 aromatic heterocycles. The maximum Gasteiger partial charge on any atom is 0.225 e. The van der Waals surface area contributed by atoms with E-state index in [2.05, 4.69) is 24.5 Å². The molecule has 1 aliphatic carbocycles. The minimum atomic E-state index is 0.0497. The first-order valence-electron chi connectivity index (χ1n) is 8.28. The van der Waals surface area contributed by atoms with Crippen molar-refractivity contribution in [1.82, 2.24) is 5.32 Å². The van der Waals surface area contributed by atoms with Crippen LogP contribution in [0.2, 0.25) is 0 Å². The lowest BCUT2D eigenvalue weighted by Crippen LogP contribution is -2.43. The number of methoxy groups -OCH3 is 1. The molecule has 0 radical (unpaired) electrons. The molecule has 0 spiro atoms. The Hall–Kier alpha value is -1.55. The monoisotopic (exact) mass is 304 g/mol. The maximum atomic E-state index is 12.1. The molecule has 0 bridgehead atoms. The van der Waals surface area contributed by atoms with Gasteiger partial charge in [-0.05, 0) is 49.9 Å². The van der Waals surface area contributed by atoms with Gasteiger partial charge >= 0.3 is 0 Å². The summed E-state index contributed by atoms with van der Waals surface area (Å²) in [5.41, 5.74) is 0.809. The third-order valence-electron chi connectivity index (χ3n) is 4.48. The molecule has 22 heavy (non-hydrogen) atoms. The highest BCUT2D eigenvalue weighted by atomic mass is 16.5. The van der Waals surface area contributed by atoms with Crippen molar-refractivity contribution in [1.29, 1.82) is 0 Å². The highest BCUT2D eigenvalue weighted by Crippen LogP contribution is 2.24. The Morgan fingerprint density at radius 1 is 1.27 bits per heavy atom. The maximum absolute atomic E-state index is 12.1. The zero-order valence-corrected chi connectivity index (χ0v) is 13.9. The summed E-state index contributed by atoms with van der Waals surface area (Å²) in [5, 5.41) is 6.56. The van der Waals surface area contributed by atoms with Gasteiger partial charge in [0.2, 0.25) is 5.91 Å². The topological polar surface area (TPSA) is 50.4 Å². The van der Waals surface area contributed by atoms with Crippen molar-refractivity contribution in [2.24, 2.45) is 5.92 Å². The normalized spacial score (nSPS) is 22.9. The molecule has 0 aliphatic heterocycles. The summed E-state index contributed by atoms with van der Waals surface area (Å²) in [6, 6.07) is 8.17. The quantitative estimate of drug-likeness (QED) is 0.844. The van der Waals surface area contributed by atoms with Crippen LogP contribution in [0.25, 0.3) is 0 Å². The van der Waals surface area contributed by atoms with E-state index in [-0.39, 0.29) is 11.9 Å². The zero-order chi connectivity index (χ0) is 15.9. The van der Waals surface area contributed by atoms with Crippen LogP contribution >= 0.6 is 0 Å². The number of anilines is 1. The number of nitrogens with one attached hydrogen (secondary N) is 2. The average molecular weight is 304 g/mol. The molecule has 1 fully saturated rings. The van der Waals surface area contributed by atoms with Gasteiger partial charge in [0.25, 0.3) is 0 Å². The van der Waals surface area contributed by atoms with Crippen LogP contribution < -0.4 is 15.4 Å². The Morgan fingerprint density at radius 3 is 2.59 bits per heavy atom. The summed E-state index contributed by atoms with van der Waals surface area (Å²) in [4.78, 5) is 12.1. The van der Waals surface area contributed by atoms with Gasteiger partial charge in [0.05, 0.1) is 7.11 Å². The van der Waals surface area contributed by atoms with E-state index in [9.17, 15) is 4.79 Å². The minimum absolute atomic E-state index is 0.0497.